The van der Waals surface area contributed by atoms with Crippen molar-refractivity contribution in [3.8, 4) is 17.2 Å². The molecule has 1 saturated carbocycles. The number of anilines is 2. The quantitative estimate of drug-likeness (QED) is 0.304. The van der Waals surface area contributed by atoms with Gasteiger partial charge in [-0.2, -0.15) is 0 Å². The van der Waals surface area contributed by atoms with E-state index in [4.69, 9.17) is 14.2 Å². The van der Waals surface area contributed by atoms with Gasteiger partial charge in [0.05, 0.1) is 43.2 Å². The average Bonchev–Trinajstić information content (AvgIpc) is 2.94. The first-order chi connectivity index (χ1) is 19.7. The molecule has 216 valence electrons. The van der Waals surface area contributed by atoms with Crippen molar-refractivity contribution in [2.75, 3.05) is 31.0 Å². The Hall–Kier alpha value is -4.37. The van der Waals surface area contributed by atoms with Crippen LogP contribution in [0, 0.1) is 11.8 Å². The second-order valence-electron chi connectivity index (χ2n) is 10.1. The largest absolute Gasteiger partial charge is 0.497 e. The molecule has 2 amide bonds. The molecule has 0 radical (unpaired) electrons. The first-order valence-corrected chi connectivity index (χ1v) is 13.6. The van der Waals surface area contributed by atoms with Crippen LogP contribution in [-0.2, 0) is 14.4 Å². The van der Waals surface area contributed by atoms with E-state index < -0.39 is 41.0 Å². The van der Waals surface area contributed by atoms with Gasteiger partial charge in [0.15, 0.2) is 0 Å². The van der Waals surface area contributed by atoms with Crippen molar-refractivity contribution in [3.05, 3.63) is 78.4 Å². The molecule has 3 aromatic rings. The van der Waals surface area contributed by atoms with E-state index in [2.05, 4.69) is 10.6 Å². The van der Waals surface area contributed by atoms with Crippen molar-refractivity contribution >= 4 is 29.0 Å². The Morgan fingerprint density at radius 1 is 0.878 bits per heavy atom. The predicted molar refractivity (Wildman–Crippen MR) is 155 cm³/mol. The van der Waals surface area contributed by atoms with Gasteiger partial charge in [0.1, 0.15) is 28.9 Å². The van der Waals surface area contributed by atoms with Gasteiger partial charge in [0, 0.05) is 12.3 Å². The Morgan fingerprint density at radius 2 is 1.44 bits per heavy atom. The summed E-state index contributed by atoms with van der Waals surface area (Å²) in [6.07, 6.45) is -0.385. The first-order valence-electron chi connectivity index (χ1n) is 13.6. The number of carbonyl (C=O) groups excluding carboxylic acids is 3. The maximum absolute atomic E-state index is 14.0. The molecule has 0 heterocycles. The summed E-state index contributed by atoms with van der Waals surface area (Å²) in [5.74, 6) is -3.69. The summed E-state index contributed by atoms with van der Waals surface area (Å²) in [5.41, 5.74) is -0.423. The average molecular weight is 561 g/mol. The zero-order chi connectivity index (χ0) is 29.6. The number of amides is 2. The summed E-state index contributed by atoms with van der Waals surface area (Å²) in [6, 6.07) is 20.8. The number of ether oxygens (including phenoxy) is 3. The molecule has 9 nitrogen and oxygen atoms in total. The molecular formula is C32H36N2O7. The van der Waals surface area contributed by atoms with Crippen LogP contribution in [0.25, 0.3) is 0 Å². The Kier molecular flexibility index (Phi) is 9.29. The van der Waals surface area contributed by atoms with E-state index in [1.165, 1.54) is 14.0 Å². The van der Waals surface area contributed by atoms with Crippen LogP contribution in [0.5, 0.6) is 17.2 Å². The zero-order valence-corrected chi connectivity index (χ0v) is 23.7. The summed E-state index contributed by atoms with van der Waals surface area (Å²) in [5, 5.41) is 17.3. The second kappa shape index (κ2) is 12.9. The van der Waals surface area contributed by atoms with E-state index in [-0.39, 0.29) is 6.42 Å². The minimum Gasteiger partial charge on any atom is -0.497 e. The molecule has 0 aliphatic heterocycles. The Morgan fingerprint density at radius 3 is 2.00 bits per heavy atom. The molecule has 1 aliphatic rings. The van der Waals surface area contributed by atoms with Gasteiger partial charge in [0.2, 0.25) is 11.8 Å². The van der Waals surface area contributed by atoms with Crippen molar-refractivity contribution in [3.63, 3.8) is 0 Å². The highest BCUT2D eigenvalue weighted by Gasteiger charge is 2.56. The number of hydrogen-bond acceptors (Lipinski definition) is 7. The van der Waals surface area contributed by atoms with Crippen LogP contribution in [0.4, 0.5) is 11.4 Å². The Bertz CT molecular complexity index is 1400. The smallest absolute Gasteiger partial charge is 0.235 e. The summed E-state index contributed by atoms with van der Waals surface area (Å²) >= 11 is 0. The van der Waals surface area contributed by atoms with Gasteiger partial charge < -0.3 is 30.0 Å². The number of para-hydroxylation sites is 4. The fourth-order valence-corrected chi connectivity index (χ4v) is 5.46. The van der Waals surface area contributed by atoms with Crippen molar-refractivity contribution in [2.45, 2.75) is 38.7 Å². The van der Waals surface area contributed by atoms with Crippen LogP contribution in [0.15, 0.2) is 72.8 Å². The molecule has 0 saturated heterocycles. The molecule has 4 unspecified atom stereocenters. The highest BCUT2D eigenvalue weighted by Crippen LogP contribution is 2.47. The number of nitrogens with one attached hydrogen (secondary N) is 2. The monoisotopic (exact) mass is 560 g/mol. The van der Waals surface area contributed by atoms with Crippen molar-refractivity contribution in [2.24, 2.45) is 11.8 Å². The summed E-state index contributed by atoms with van der Waals surface area (Å²) < 4.78 is 16.7. The van der Waals surface area contributed by atoms with E-state index in [1.807, 2.05) is 13.8 Å². The maximum Gasteiger partial charge on any atom is 0.235 e. The molecule has 1 aliphatic carbocycles. The van der Waals surface area contributed by atoms with Gasteiger partial charge in [-0.1, -0.05) is 36.4 Å². The Balaban J connectivity index is 1.79. The molecule has 0 bridgehead atoms. The highest BCUT2D eigenvalue weighted by molar-refractivity contribution is 6.11. The number of ketones is 1. The number of hydrogen-bond donors (Lipinski definition) is 3. The molecule has 4 atom stereocenters. The number of methoxy groups -OCH3 is 1. The van der Waals surface area contributed by atoms with Gasteiger partial charge in [-0.15, -0.1) is 0 Å². The fraction of sp³-hybridized carbons (Fsp3) is 0.344. The molecule has 41 heavy (non-hydrogen) atoms. The van der Waals surface area contributed by atoms with Gasteiger partial charge in [0.25, 0.3) is 0 Å². The lowest BCUT2D eigenvalue weighted by atomic mass is 9.61. The van der Waals surface area contributed by atoms with Crippen molar-refractivity contribution in [1.29, 1.82) is 0 Å². The number of Topliss-reactive ketones (excluding diaryl/α,β-unsaturated/α-hetero) is 1. The third-order valence-corrected chi connectivity index (χ3v) is 7.20. The molecule has 0 aromatic heterocycles. The molecule has 0 spiro atoms. The Labute approximate surface area is 239 Å². The molecule has 3 N–H and O–H groups in total. The fourth-order valence-electron chi connectivity index (χ4n) is 5.46. The van der Waals surface area contributed by atoms with Gasteiger partial charge in [-0.05, 0) is 62.7 Å². The van der Waals surface area contributed by atoms with Gasteiger partial charge >= 0.3 is 0 Å². The minimum absolute atomic E-state index is 0.385. The molecular weight excluding hydrogens is 524 g/mol. The van der Waals surface area contributed by atoms with Crippen LogP contribution in [0.1, 0.15) is 38.7 Å². The standard InChI is InChI=1S/C32H36N2O7/c1-5-40-25-16-9-7-14-22(25)33-30(36)28-24(35)19-32(3,38)29(27(28)20-12-11-13-21(18-20)39-4)31(37)34-23-15-8-10-17-26(23)41-6-2/h7-18,27-29,38H,5-6,19H2,1-4H3,(H,33,36)(H,34,37). The van der Waals surface area contributed by atoms with Crippen LogP contribution in [0.2, 0.25) is 0 Å². The molecule has 1 fully saturated rings. The molecule has 9 heteroatoms. The van der Waals surface area contributed by atoms with Crippen LogP contribution >= 0.6 is 0 Å². The van der Waals surface area contributed by atoms with E-state index >= 15 is 0 Å². The minimum atomic E-state index is -1.75. The summed E-state index contributed by atoms with van der Waals surface area (Å²) in [4.78, 5) is 41.5. The number of benzene rings is 3. The van der Waals surface area contributed by atoms with Crippen molar-refractivity contribution in [1.82, 2.24) is 0 Å². The SMILES string of the molecule is CCOc1ccccc1NC(=O)C1C(=O)CC(C)(O)C(C(=O)Nc2ccccc2OCC)C1c1cccc(OC)c1. The van der Waals surface area contributed by atoms with Gasteiger partial charge in [-0.3, -0.25) is 14.4 Å². The van der Waals surface area contributed by atoms with Gasteiger partial charge in [-0.25, -0.2) is 0 Å². The van der Waals surface area contributed by atoms with E-state index in [9.17, 15) is 19.5 Å². The molecule has 4 rings (SSSR count). The number of aliphatic hydroxyl groups is 1. The third-order valence-electron chi connectivity index (χ3n) is 7.20. The van der Waals surface area contributed by atoms with Crippen LogP contribution in [-0.4, -0.2) is 48.6 Å². The van der Waals surface area contributed by atoms with Crippen LogP contribution < -0.4 is 24.8 Å². The predicted octanol–water partition coefficient (Wildman–Crippen LogP) is 4.81. The van der Waals surface area contributed by atoms with Crippen molar-refractivity contribution < 1.29 is 33.7 Å². The third kappa shape index (κ3) is 6.52. The van der Waals surface area contributed by atoms with Crippen LogP contribution in [0.3, 0.4) is 0 Å². The normalized spacial score (nSPS) is 22.0. The highest BCUT2D eigenvalue weighted by atomic mass is 16.5. The lowest BCUT2D eigenvalue weighted by Gasteiger charge is -2.44. The zero-order valence-electron chi connectivity index (χ0n) is 23.7. The topological polar surface area (TPSA) is 123 Å². The lowest BCUT2D eigenvalue weighted by Crippen LogP contribution is -2.56. The molecule has 3 aromatic carbocycles. The second-order valence-corrected chi connectivity index (χ2v) is 10.1. The number of carbonyl (C=O) groups is 3. The summed E-state index contributed by atoms with van der Waals surface area (Å²) in [6.45, 7) is 5.89. The van der Waals surface area contributed by atoms with E-state index in [1.54, 1.807) is 72.8 Å². The van der Waals surface area contributed by atoms with E-state index in [0.29, 0.717) is 47.4 Å². The first kappa shape index (κ1) is 29.6. The van der Waals surface area contributed by atoms with E-state index in [0.717, 1.165) is 0 Å². The number of rotatable bonds is 10. The summed E-state index contributed by atoms with van der Waals surface area (Å²) in [7, 11) is 1.50. The lowest BCUT2D eigenvalue weighted by molar-refractivity contribution is -0.150. The maximum atomic E-state index is 14.0.